The maximum atomic E-state index is 12.9. The molecule has 1 aromatic rings. The zero-order valence-corrected chi connectivity index (χ0v) is 9.48. The van der Waals surface area contributed by atoms with E-state index < -0.39 is 49.0 Å². The molecule has 19 heavy (non-hydrogen) atoms. The summed E-state index contributed by atoms with van der Waals surface area (Å²) in [6.07, 6.45) is -4.00. The predicted octanol–water partition coefficient (Wildman–Crippen LogP) is 1.28. The number of hydrogen-bond donors (Lipinski definition) is 2. The number of aromatic carboxylic acids is 1. The highest BCUT2D eigenvalue weighted by Crippen LogP contribution is 2.23. The van der Waals surface area contributed by atoms with Gasteiger partial charge in [0.15, 0.2) is 0 Å². The second kappa shape index (κ2) is 5.83. The second-order valence-corrected chi connectivity index (χ2v) is 3.59. The smallest absolute Gasteiger partial charge is 0.405 e. The Kier molecular flexibility index (Phi) is 4.65. The number of pyridine rings is 1. The van der Waals surface area contributed by atoms with Gasteiger partial charge in [0.1, 0.15) is 23.7 Å². The number of carboxylic acids is 1. The summed E-state index contributed by atoms with van der Waals surface area (Å²) in [5, 5.41) is 17.5. The van der Waals surface area contributed by atoms with Crippen LogP contribution in [0, 0.1) is 5.82 Å². The maximum Gasteiger partial charge on any atom is 0.405 e. The Labute approximate surface area is 105 Å². The van der Waals surface area contributed by atoms with Crippen molar-refractivity contribution in [3.63, 3.8) is 0 Å². The van der Waals surface area contributed by atoms with Gasteiger partial charge in [-0.15, -0.1) is 0 Å². The quantitative estimate of drug-likeness (QED) is 0.796. The summed E-state index contributed by atoms with van der Waals surface area (Å²) in [6, 6.07) is 0.575. The number of aromatic nitrogens is 1. The van der Waals surface area contributed by atoms with Crippen molar-refractivity contribution in [2.45, 2.75) is 6.18 Å². The fraction of sp³-hybridized carbons (Fsp3) is 0.400. The van der Waals surface area contributed by atoms with Crippen LogP contribution in [0.15, 0.2) is 12.3 Å². The number of halogens is 4. The fourth-order valence-corrected chi connectivity index (χ4v) is 1.44. The molecule has 0 aliphatic carbocycles. The zero-order valence-electron chi connectivity index (χ0n) is 9.48. The summed E-state index contributed by atoms with van der Waals surface area (Å²) >= 11 is 0. The van der Waals surface area contributed by atoms with Gasteiger partial charge in [0.2, 0.25) is 0 Å². The molecule has 0 amide bonds. The molecule has 0 aliphatic heterocycles. The minimum absolute atomic E-state index is 0.474. The Bertz CT molecular complexity index is 465. The molecule has 2 N–H and O–H groups in total. The third-order valence-corrected chi connectivity index (χ3v) is 2.10. The summed E-state index contributed by atoms with van der Waals surface area (Å²) in [7, 11) is 0. The van der Waals surface area contributed by atoms with Crippen molar-refractivity contribution in [3.05, 3.63) is 23.6 Å². The average molecular weight is 282 g/mol. The lowest BCUT2D eigenvalue weighted by molar-refractivity contribution is -0.120. The van der Waals surface area contributed by atoms with Crippen LogP contribution >= 0.6 is 0 Å². The summed E-state index contributed by atoms with van der Waals surface area (Å²) in [6.45, 7) is -2.60. The first-order chi connectivity index (χ1) is 8.74. The fourth-order valence-electron chi connectivity index (χ4n) is 1.44. The van der Waals surface area contributed by atoms with Crippen LogP contribution in [0.4, 0.5) is 23.4 Å². The Balaban J connectivity index is 3.18. The molecule has 5 nitrogen and oxygen atoms in total. The number of carbonyl (C=O) groups is 1. The molecule has 0 spiro atoms. The van der Waals surface area contributed by atoms with E-state index in [1.807, 2.05) is 0 Å². The Hall–Kier alpha value is -1.90. The zero-order chi connectivity index (χ0) is 14.6. The lowest BCUT2D eigenvalue weighted by Gasteiger charge is -2.25. The number of alkyl halides is 3. The topological polar surface area (TPSA) is 73.7 Å². The molecule has 0 atom stereocenters. The molecule has 106 valence electrons. The summed E-state index contributed by atoms with van der Waals surface area (Å²) in [4.78, 5) is 14.8. The van der Waals surface area contributed by atoms with Crippen molar-refractivity contribution < 1.29 is 32.6 Å². The van der Waals surface area contributed by atoms with E-state index in [2.05, 4.69) is 4.98 Å². The number of anilines is 1. The van der Waals surface area contributed by atoms with E-state index in [4.69, 9.17) is 10.2 Å². The van der Waals surface area contributed by atoms with Gasteiger partial charge in [0, 0.05) is 6.54 Å². The van der Waals surface area contributed by atoms with Gasteiger partial charge in [0.25, 0.3) is 0 Å². The molecule has 0 aliphatic rings. The van der Waals surface area contributed by atoms with Crippen LogP contribution in [0.25, 0.3) is 0 Å². The first-order valence-corrected chi connectivity index (χ1v) is 5.06. The molecular formula is C10H10F4N2O3. The lowest BCUT2D eigenvalue weighted by atomic mass is 10.2. The van der Waals surface area contributed by atoms with Gasteiger partial charge < -0.3 is 15.1 Å². The third-order valence-electron chi connectivity index (χ3n) is 2.10. The van der Waals surface area contributed by atoms with Gasteiger partial charge in [-0.05, 0) is 6.07 Å². The Morgan fingerprint density at radius 3 is 2.53 bits per heavy atom. The largest absolute Gasteiger partial charge is 0.478 e. The molecule has 0 aromatic carbocycles. The average Bonchev–Trinajstić information content (AvgIpc) is 2.26. The van der Waals surface area contributed by atoms with Crippen LogP contribution in [0.2, 0.25) is 0 Å². The maximum absolute atomic E-state index is 12.9. The lowest BCUT2D eigenvalue weighted by Crippen LogP contribution is -2.37. The number of hydrogen-bond acceptors (Lipinski definition) is 4. The summed E-state index contributed by atoms with van der Waals surface area (Å²) in [5.74, 6) is -3.12. The Morgan fingerprint density at radius 1 is 1.42 bits per heavy atom. The van der Waals surface area contributed by atoms with Crippen molar-refractivity contribution in [2.75, 3.05) is 24.6 Å². The van der Waals surface area contributed by atoms with Crippen LogP contribution in [-0.2, 0) is 0 Å². The van der Waals surface area contributed by atoms with E-state index in [0.717, 1.165) is 0 Å². The molecule has 0 unspecified atom stereocenters. The molecule has 0 saturated heterocycles. The number of aliphatic hydroxyl groups excluding tert-OH is 1. The highest BCUT2D eigenvalue weighted by Gasteiger charge is 2.32. The van der Waals surface area contributed by atoms with Crippen molar-refractivity contribution in [2.24, 2.45) is 0 Å². The molecule has 1 rings (SSSR count). The first-order valence-electron chi connectivity index (χ1n) is 5.06. The molecule has 0 bridgehead atoms. The predicted molar refractivity (Wildman–Crippen MR) is 56.5 cm³/mol. The molecular weight excluding hydrogens is 272 g/mol. The monoisotopic (exact) mass is 282 g/mol. The third kappa shape index (κ3) is 4.36. The van der Waals surface area contributed by atoms with E-state index in [1.165, 1.54) is 0 Å². The van der Waals surface area contributed by atoms with E-state index >= 15 is 0 Å². The molecule has 0 saturated carbocycles. The van der Waals surface area contributed by atoms with Crippen LogP contribution in [0.3, 0.4) is 0 Å². The number of nitrogens with zero attached hydrogens (tertiary/aromatic N) is 2. The van der Waals surface area contributed by atoms with Gasteiger partial charge in [-0.2, -0.15) is 13.2 Å². The van der Waals surface area contributed by atoms with Crippen LogP contribution in [0.5, 0.6) is 0 Å². The van der Waals surface area contributed by atoms with Gasteiger partial charge in [-0.3, -0.25) is 0 Å². The molecule has 9 heteroatoms. The number of rotatable bonds is 5. The van der Waals surface area contributed by atoms with E-state index in [1.54, 1.807) is 0 Å². The normalized spacial score (nSPS) is 11.4. The molecule has 0 radical (unpaired) electrons. The van der Waals surface area contributed by atoms with Gasteiger partial charge in [-0.25, -0.2) is 14.2 Å². The van der Waals surface area contributed by atoms with E-state index in [0.29, 0.717) is 17.2 Å². The minimum atomic E-state index is -4.61. The van der Waals surface area contributed by atoms with Crippen molar-refractivity contribution >= 4 is 11.8 Å². The first kappa shape index (κ1) is 15.2. The second-order valence-electron chi connectivity index (χ2n) is 3.59. The van der Waals surface area contributed by atoms with Crippen molar-refractivity contribution in [3.8, 4) is 0 Å². The Morgan fingerprint density at radius 2 is 2.05 bits per heavy atom. The van der Waals surface area contributed by atoms with Crippen LogP contribution in [-0.4, -0.2) is 47.0 Å². The summed E-state index contributed by atoms with van der Waals surface area (Å²) < 4.78 is 49.9. The number of carboxylic acid groups (broad SMARTS) is 1. The molecule has 1 aromatic heterocycles. The van der Waals surface area contributed by atoms with Crippen molar-refractivity contribution in [1.29, 1.82) is 0 Å². The van der Waals surface area contributed by atoms with Crippen molar-refractivity contribution in [1.82, 2.24) is 4.98 Å². The van der Waals surface area contributed by atoms with Gasteiger partial charge in [0.05, 0.1) is 12.8 Å². The highest BCUT2D eigenvalue weighted by molar-refractivity contribution is 5.93. The van der Waals surface area contributed by atoms with Crippen LogP contribution < -0.4 is 4.90 Å². The van der Waals surface area contributed by atoms with Gasteiger partial charge in [-0.1, -0.05) is 0 Å². The van der Waals surface area contributed by atoms with Gasteiger partial charge >= 0.3 is 12.1 Å². The summed E-state index contributed by atoms with van der Waals surface area (Å²) in [5.41, 5.74) is -0.697. The van der Waals surface area contributed by atoms with Crippen LogP contribution in [0.1, 0.15) is 10.4 Å². The highest BCUT2D eigenvalue weighted by atomic mass is 19.4. The molecule has 0 fully saturated rings. The molecule has 1 heterocycles. The SMILES string of the molecule is O=C(O)c1cc(F)cnc1N(CCO)CC(F)(F)F. The number of aliphatic hydroxyl groups is 1. The van der Waals surface area contributed by atoms with E-state index in [-0.39, 0.29) is 0 Å². The van der Waals surface area contributed by atoms with E-state index in [9.17, 15) is 22.4 Å². The minimum Gasteiger partial charge on any atom is -0.478 e. The standard InChI is InChI=1S/C10H10F4N2O3/c11-6-3-7(9(18)19)8(15-4-6)16(1-2-17)5-10(12,13)14/h3-4,17H,1-2,5H2,(H,18,19).